The van der Waals surface area contributed by atoms with Crippen LogP contribution in [0.3, 0.4) is 0 Å². The maximum atomic E-state index is 12.7. The molecule has 0 radical (unpaired) electrons. The number of hydrogen-bond donors (Lipinski definition) is 1. The number of aryl methyl sites for hydroxylation is 1. The molecule has 1 aromatic heterocycles. The molecule has 1 N–H and O–H groups in total. The molecule has 26 heavy (non-hydrogen) atoms. The van der Waals surface area contributed by atoms with E-state index in [0.29, 0.717) is 31.7 Å². The maximum absolute atomic E-state index is 12.7. The van der Waals surface area contributed by atoms with Crippen LogP contribution in [0.4, 0.5) is 0 Å². The van der Waals surface area contributed by atoms with E-state index in [-0.39, 0.29) is 35.3 Å². The third-order valence-electron chi connectivity index (χ3n) is 4.30. The zero-order chi connectivity index (χ0) is 18.2. The molecule has 1 aromatic carbocycles. The second kappa shape index (κ2) is 7.78. The summed E-state index contributed by atoms with van der Waals surface area (Å²) in [6.45, 7) is 2.29. The van der Waals surface area contributed by atoms with Gasteiger partial charge in [0.25, 0.3) is 0 Å². The summed E-state index contributed by atoms with van der Waals surface area (Å²) in [6.07, 6.45) is 0. The van der Waals surface area contributed by atoms with Crippen molar-refractivity contribution >= 4 is 39.4 Å². The number of nitrogens with zero attached hydrogens (tertiary/aromatic N) is 3. The van der Waals surface area contributed by atoms with Gasteiger partial charge in [-0.05, 0) is 12.1 Å². The van der Waals surface area contributed by atoms with E-state index in [4.69, 9.17) is 4.42 Å². The van der Waals surface area contributed by atoms with Crippen molar-refractivity contribution in [2.45, 2.75) is 4.90 Å². The van der Waals surface area contributed by atoms with Gasteiger partial charge in [0, 0.05) is 46.3 Å². The molecule has 0 saturated carbocycles. The van der Waals surface area contributed by atoms with Gasteiger partial charge < -0.3 is 14.6 Å². The average Bonchev–Trinajstić information content (AvgIpc) is 2.89. The van der Waals surface area contributed by atoms with Gasteiger partial charge in [0.15, 0.2) is 5.58 Å². The Balaban J connectivity index is 0.00000243. The Morgan fingerprint density at radius 1 is 1.31 bits per heavy atom. The number of amides is 1. The molecule has 1 saturated heterocycles. The zero-order valence-electron chi connectivity index (χ0n) is 14.5. The fourth-order valence-electron chi connectivity index (χ4n) is 2.74. The third-order valence-corrected chi connectivity index (χ3v) is 6.10. The van der Waals surface area contributed by atoms with E-state index in [1.165, 1.54) is 29.8 Å². The number of aromatic nitrogens is 1. The van der Waals surface area contributed by atoms with Crippen molar-refractivity contribution in [1.29, 1.82) is 0 Å². The number of halogens is 1. The zero-order valence-corrected chi connectivity index (χ0v) is 16.1. The quantitative estimate of drug-likeness (QED) is 0.743. The molecule has 9 nitrogen and oxygen atoms in total. The van der Waals surface area contributed by atoms with Crippen LogP contribution in [-0.2, 0) is 21.9 Å². The van der Waals surface area contributed by atoms with Crippen molar-refractivity contribution in [3.8, 4) is 0 Å². The van der Waals surface area contributed by atoms with E-state index >= 15 is 0 Å². The molecule has 2 aromatic rings. The number of rotatable bonds is 4. The fraction of sp³-hybridized carbons (Fsp3) is 0.467. The van der Waals surface area contributed by atoms with Gasteiger partial charge >= 0.3 is 5.76 Å². The molecule has 1 amide bonds. The lowest BCUT2D eigenvalue weighted by Crippen LogP contribution is -2.49. The van der Waals surface area contributed by atoms with Gasteiger partial charge in [0.05, 0.1) is 17.0 Å². The van der Waals surface area contributed by atoms with Crippen LogP contribution in [0, 0.1) is 0 Å². The van der Waals surface area contributed by atoms with Crippen molar-refractivity contribution in [2.75, 3.05) is 39.8 Å². The number of likely N-dealkylation sites (N-methyl/N-ethyl adjacent to an activating group) is 1. The number of hydrogen-bond acceptors (Lipinski definition) is 6. The minimum absolute atomic E-state index is 0. The molecule has 3 rings (SSSR count). The van der Waals surface area contributed by atoms with Crippen LogP contribution >= 0.6 is 12.4 Å². The Bertz CT molecular complexity index is 962. The number of carbonyl (C=O) groups is 1. The van der Waals surface area contributed by atoms with Gasteiger partial charge in [-0.25, -0.2) is 13.2 Å². The predicted molar refractivity (Wildman–Crippen MR) is 98.0 cm³/mol. The second-order valence-corrected chi connectivity index (χ2v) is 7.99. The number of oxazole rings is 1. The fourth-order valence-corrected chi connectivity index (χ4v) is 3.88. The summed E-state index contributed by atoms with van der Waals surface area (Å²) in [7, 11) is -0.965. The molecular weight excluding hydrogens is 384 g/mol. The number of carbonyl (C=O) groups excluding carboxylic acids is 1. The average molecular weight is 405 g/mol. The highest BCUT2D eigenvalue weighted by Gasteiger charge is 2.26. The van der Waals surface area contributed by atoms with Gasteiger partial charge in [0.1, 0.15) is 0 Å². The number of sulfonamides is 1. The molecule has 144 valence electrons. The van der Waals surface area contributed by atoms with Gasteiger partial charge in [-0.3, -0.25) is 9.36 Å². The van der Waals surface area contributed by atoms with E-state index < -0.39 is 15.8 Å². The Morgan fingerprint density at radius 2 is 1.96 bits per heavy atom. The molecule has 0 spiro atoms. The first-order chi connectivity index (χ1) is 11.8. The van der Waals surface area contributed by atoms with Crippen LogP contribution in [0.5, 0.6) is 0 Å². The topological polar surface area (TPSA) is 105 Å². The largest absolute Gasteiger partial charge is 0.419 e. The maximum Gasteiger partial charge on any atom is 0.419 e. The van der Waals surface area contributed by atoms with E-state index in [0.717, 1.165) is 4.31 Å². The Hall–Kier alpha value is -1.88. The highest BCUT2D eigenvalue weighted by molar-refractivity contribution is 7.89. The molecule has 0 unspecified atom stereocenters. The minimum atomic E-state index is -3.87. The smallest absolute Gasteiger partial charge is 0.408 e. The van der Waals surface area contributed by atoms with E-state index in [1.807, 2.05) is 0 Å². The molecule has 11 heteroatoms. The van der Waals surface area contributed by atoms with Crippen LogP contribution in [-0.4, -0.2) is 67.9 Å². The molecule has 0 atom stereocenters. The van der Waals surface area contributed by atoms with Crippen molar-refractivity contribution in [1.82, 2.24) is 19.1 Å². The molecule has 0 bridgehead atoms. The SMILES string of the molecule is CN(CC(=O)N1CCNCC1)S(=O)(=O)c1ccc2c(c1)oc(=O)n2C.Cl. The summed E-state index contributed by atoms with van der Waals surface area (Å²) in [5.41, 5.74) is 0.693. The molecular formula is C15H21ClN4O5S. The summed E-state index contributed by atoms with van der Waals surface area (Å²) in [4.78, 5) is 25.4. The number of piperazine rings is 1. The molecule has 1 aliphatic heterocycles. The molecule has 0 aliphatic carbocycles. The number of fused-ring (bicyclic) bond motifs is 1. The second-order valence-electron chi connectivity index (χ2n) is 5.95. The lowest BCUT2D eigenvalue weighted by atomic mass is 10.3. The van der Waals surface area contributed by atoms with Crippen LogP contribution in [0.15, 0.2) is 32.3 Å². The molecule has 1 fully saturated rings. The van der Waals surface area contributed by atoms with Gasteiger partial charge in [0.2, 0.25) is 15.9 Å². The lowest BCUT2D eigenvalue weighted by Gasteiger charge is -2.29. The standard InChI is InChI=1S/C15H20N4O5S.ClH/c1-17(10-14(20)19-7-5-16-6-8-19)25(22,23)11-3-4-12-13(9-11)24-15(21)18(12)2;/h3-4,9,16H,5-8,10H2,1-2H3;1H. The van der Waals surface area contributed by atoms with E-state index in [2.05, 4.69) is 5.32 Å². The highest BCUT2D eigenvalue weighted by atomic mass is 35.5. The van der Waals surface area contributed by atoms with Crippen molar-refractivity contribution in [2.24, 2.45) is 7.05 Å². The monoisotopic (exact) mass is 404 g/mol. The minimum Gasteiger partial charge on any atom is -0.408 e. The molecule has 1 aliphatic rings. The van der Waals surface area contributed by atoms with Crippen LogP contribution < -0.4 is 11.1 Å². The summed E-state index contributed by atoms with van der Waals surface area (Å²) in [5.74, 6) is -0.799. The summed E-state index contributed by atoms with van der Waals surface area (Å²) >= 11 is 0. The Labute approximate surface area is 157 Å². The summed E-state index contributed by atoms with van der Waals surface area (Å²) in [5, 5.41) is 3.14. The first kappa shape index (κ1) is 20.4. The van der Waals surface area contributed by atoms with Crippen molar-refractivity contribution < 1.29 is 17.6 Å². The van der Waals surface area contributed by atoms with Crippen molar-refractivity contribution in [3.05, 3.63) is 28.7 Å². The predicted octanol–water partition coefficient (Wildman–Crippen LogP) is -0.394. The van der Waals surface area contributed by atoms with Gasteiger partial charge in [-0.15, -0.1) is 12.4 Å². The van der Waals surface area contributed by atoms with Crippen LogP contribution in [0.2, 0.25) is 0 Å². The molecule has 2 heterocycles. The van der Waals surface area contributed by atoms with Crippen LogP contribution in [0.25, 0.3) is 11.1 Å². The van der Waals surface area contributed by atoms with Gasteiger partial charge in [-0.2, -0.15) is 4.31 Å². The summed E-state index contributed by atoms with van der Waals surface area (Å²) in [6, 6.07) is 4.22. The first-order valence-corrected chi connectivity index (χ1v) is 9.29. The van der Waals surface area contributed by atoms with E-state index in [1.54, 1.807) is 11.9 Å². The number of nitrogens with one attached hydrogen (secondary N) is 1. The van der Waals surface area contributed by atoms with Crippen LogP contribution in [0.1, 0.15) is 0 Å². The first-order valence-electron chi connectivity index (χ1n) is 7.85. The summed E-state index contributed by atoms with van der Waals surface area (Å²) < 4.78 is 32.7. The Morgan fingerprint density at radius 3 is 2.62 bits per heavy atom. The van der Waals surface area contributed by atoms with E-state index in [9.17, 15) is 18.0 Å². The normalized spacial score (nSPS) is 15.3. The highest BCUT2D eigenvalue weighted by Crippen LogP contribution is 2.20. The van der Waals surface area contributed by atoms with Gasteiger partial charge in [-0.1, -0.05) is 0 Å². The lowest BCUT2D eigenvalue weighted by molar-refractivity contribution is -0.131. The third kappa shape index (κ3) is 3.78. The number of benzene rings is 1. The Kier molecular flexibility index (Phi) is 6.12. The van der Waals surface area contributed by atoms with Crippen molar-refractivity contribution in [3.63, 3.8) is 0 Å².